The van der Waals surface area contributed by atoms with Crippen LogP contribution in [0.2, 0.25) is 0 Å². The number of hydrogen-bond donors (Lipinski definition) is 1. The molecule has 0 spiro atoms. The molecule has 0 bridgehead atoms. The summed E-state index contributed by atoms with van der Waals surface area (Å²) in [5, 5.41) is 3.21. The third kappa shape index (κ3) is 3.51. The van der Waals surface area contributed by atoms with Gasteiger partial charge in [0.25, 0.3) is 0 Å². The van der Waals surface area contributed by atoms with E-state index in [-0.39, 0.29) is 16.7 Å². The van der Waals surface area contributed by atoms with Gasteiger partial charge in [-0.05, 0) is 56.2 Å². The van der Waals surface area contributed by atoms with Gasteiger partial charge in [-0.3, -0.25) is 9.69 Å². The summed E-state index contributed by atoms with van der Waals surface area (Å²) in [5.41, 5.74) is 2.38. The molecule has 3 rings (SSSR count). The summed E-state index contributed by atoms with van der Waals surface area (Å²) in [6.07, 6.45) is 4.55. The SMILES string of the molecule is CC(CNC(=O)C1(c2ccc(C(C)(C)C)cc2)CC1)N(C)C1CC1. The number of benzene rings is 1. The van der Waals surface area contributed by atoms with Crippen LogP contribution in [0.25, 0.3) is 0 Å². The maximum Gasteiger partial charge on any atom is 0.230 e. The van der Waals surface area contributed by atoms with Crippen molar-refractivity contribution < 1.29 is 4.79 Å². The van der Waals surface area contributed by atoms with Crippen molar-refractivity contribution in [3.63, 3.8) is 0 Å². The largest absolute Gasteiger partial charge is 0.354 e. The van der Waals surface area contributed by atoms with Gasteiger partial charge in [-0.25, -0.2) is 0 Å². The molecule has 2 fully saturated rings. The van der Waals surface area contributed by atoms with Crippen LogP contribution in [0.4, 0.5) is 0 Å². The molecule has 3 heteroatoms. The van der Waals surface area contributed by atoms with Gasteiger partial charge in [0.2, 0.25) is 5.91 Å². The molecule has 2 aliphatic carbocycles. The van der Waals surface area contributed by atoms with E-state index in [0.717, 1.165) is 25.4 Å². The molecular formula is C21H32N2O. The summed E-state index contributed by atoms with van der Waals surface area (Å²) in [5.74, 6) is 0.210. The van der Waals surface area contributed by atoms with E-state index in [0.29, 0.717) is 6.04 Å². The lowest BCUT2D eigenvalue weighted by atomic mass is 9.85. The Hall–Kier alpha value is -1.35. The highest BCUT2D eigenvalue weighted by Gasteiger charge is 2.51. The Labute approximate surface area is 146 Å². The van der Waals surface area contributed by atoms with Gasteiger partial charge in [-0.1, -0.05) is 45.0 Å². The van der Waals surface area contributed by atoms with E-state index < -0.39 is 0 Å². The Kier molecular flexibility index (Phi) is 4.50. The van der Waals surface area contributed by atoms with E-state index in [4.69, 9.17) is 0 Å². The molecule has 2 saturated carbocycles. The Morgan fingerprint density at radius 1 is 1.25 bits per heavy atom. The molecule has 2 aliphatic rings. The van der Waals surface area contributed by atoms with Gasteiger partial charge < -0.3 is 5.32 Å². The van der Waals surface area contributed by atoms with E-state index in [9.17, 15) is 4.79 Å². The molecule has 3 nitrogen and oxygen atoms in total. The molecule has 0 aliphatic heterocycles. The fourth-order valence-electron chi connectivity index (χ4n) is 3.46. The van der Waals surface area contributed by atoms with E-state index in [1.807, 2.05) is 0 Å². The monoisotopic (exact) mass is 328 g/mol. The minimum atomic E-state index is -0.270. The highest BCUT2D eigenvalue weighted by atomic mass is 16.2. The van der Waals surface area contributed by atoms with Crippen molar-refractivity contribution in [3.05, 3.63) is 35.4 Å². The van der Waals surface area contributed by atoms with Crippen LogP contribution in [0, 0.1) is 0 Å². The molecular weight excluding hydrogens is 296 g/mol. The van der Waals surface area contributed by atoms with Gasteiger partial charge in [0.05, 0.1) is 5.41 Å². The Bertz CT molecular complexity index is 591. The molecule has 1 N–H and O–H groups in total. The lowest BCUT2D eigenvalue weighted by molar-refractivity contribution is -0.123. The fraction of sp³-hybridized carbons (Fsp3) is 0.667. The zero-order valence-corrected chi connectivity index (χ0v) is 15.9. The lowest BCUT2D eigenvalue weighted by Gasteiger charge is -2.26. The molecule has 24 heavy (non-hydrogen) atoms. The summed E-state index contributed by atoms with van der Waals surface area (Å²) in [6.45, 7) is 9.61. The van der Waals surface area contributed by atoms with Crippen molar-refractivity contribution in [1.29, 1.82) is 0 Å². The van der Waals surface area contributed by atoms with Crippen molar-refractivity contribution in [2.24, 2.45) is 0 Å². The summed E-state index contributed by atoms with van der Waals surface area (Å²) < 4.78 is 0. The second-order valence-corrected chi connectivity index (χ2v) is 8.87. The molecule has 0 heterocycles. The third-order valence-electron chi connectivity index (χ3n) is 5.86. The molecule has 1 aromatic rings. The van der Waals surface area contributed by atoms with Gasteiger partial charge in [-0.2, -0.15) is 0 Å². The van der Waals surface area contributed by atoms with Gasteiger partial charge in [-0.15, -0.1) is 0 Å². The molecule has 1 amide bonds. The minimum Gasteiger partial charge on any atom is -0.354 e. The van der Waals surface area contributed by atoms with E-state index in [2.05, 4.69) is 69.2 Å². The topological polar surface area (TPSA) is 32.3 Å². The average molecular weight is 329 g/mol. The van der Waals surface area contributed by atoms with Crippen LogP contribution in [0.15, 0.2) is 24.3 Å². The van der Waals surface area contributed by atoms with Gasteiger partial charge >= 0.3 is 0 Å². The van der Waals surface area contributed by atoms with Crippen molar-refractivity contribution in [1.82, 2.24) is 10.2 Å². The second-order valence-electron chi connectivity index (χ2n) is 8.87. The normalized spacial score (nSPS) is 20.8. The summed E-state index contributed by atoms with van der Waals surface area (Å²) in [7, 11) is 2.17. The summed E-state index contributed by atoms with van der Waals surface area (Å²) in [4.78, 5) is 15.2. The first-order chi connectivity index (χ1) is 11.2. The number of amides is 1. The Balaban J connectivity index is 1.61. The molecule has 1 aromatic carbocycles. The molecule has 1 unspecified atom stereocenters. The number of nitrogens with one attached hydrogen (secondary N) is 1. The average Bonchev–Trinajstić information content (AvgIpc) is 3.43. The van der Waals surface area contributed by atoms with Crippen LogP contribution in [0.5, 0.6) is 0 Å². The number of nitrogens with zero attached hydrogens (tertiary/aromatic N) is 1. The fourth-order valence-corrected chi connectivity index (χ4v) is 3.46. The van der Waals surface area contributed by atoms with Crippen LogP contribution in [-0.4, -0.2) is 36.5 Å². The predicted molar refractivity (Wildman–Crippen MR) is 99.3 cm³/mol. The molecule has 0 radical (unpaired) electrons. The first-order valence-corrected chi connectivity index (χ1v) is 9.35. The van der Waals surface area contributed by atoms with Crippen LogP contribution in [0.3, 0.4) is 0 Å². The van der Waals surface area contributed by atoms with E-state index >= 15 is 0 Å². The van der Waals surface area contributed by atoms with Crippen LogP contribution >= 0.6 is 0 Å². The summed E-state index contributed by atoms with van der Waals surface area (Å²) >= 11 is 0. The minimum absolute atomic E-state index is 0.153. The number of hydrogen-bond acceptors (Lipinski definition) is 2. The number of carbonyl (C=O) groups excluding carboxylic acids is 1. The first-order valence-electron chi connectivity index (χ1n) is 9.35. The lowest BCUT2D eigenvalue weighted by Crippen LogP contribution is -2.44. The predicted octanol–water partition coefficient (Wildman–Crippen LogP) is 3.61. The third-order valence-corrected chi connectivity index (χ3v) is 5.86. The number of rotatable bonds is 6. The number of carbonyl (C=O) groups is 1. The Morgan fingerprint density at radius 3 is 2.29 bits per heavy atom. The van der Waals surface area contributed by atoms with Crippen molar-refractivity contribution in [2.75, 3.05) is 13.6 Å². The zero-order valence-electron chi connectivity index (χ0n) is 15.9. The highest BCUT2D eigenvalue weighted by molar-refractivity contribution is 5.91. The van der Waals surface area contributed by atoms with Crippen molar-refractivity contribution in [3.8, 4) is 0 Å². The smallest absolute Gasteiger partial charge is 0.230 e. The molecule has 1 atom stereocenters. The maximum atomic E-state index is 12.8. The van der Waals surface area contributed by atoms with Gasteiger partial charge in [0.15, 0.2) is 0 Å². The van der Waals surface area contributed by atoms with E-state index in [1.165, 1.54) is 24.0 Å². The van der Waals surface area contributed by atoms with E-state index in [1.54, 1.807) is 0 Å². The highest BCUT2D eigenvalue weighted by Crippen LogP contribution is 2.48. The van der Waals surface area contributed by atoms with Gasteiger partial charge in [0.1, 0.15) is 0 Å². The quantitative estimate of drug-likeness (QED) is 0.865. The van der Waals surface area contributed by atoms with Crippen molar-refractivity contribution >= 4 is 5.91 Å². The standard InChI is InChI=1S/C21H32N2O/c1-15(23(5)18-10-11-18)14-22-19(24)21(12-13-21)17-8-6-16(7-9-17)20(2,3)4/h6-9,15,18H,10-14H2,1-5H3,(H,22,24). The second kappa shape index (κ2) is 6.18. The van der Waals surface area contributed by atoms with Crippen molar-refractivity contribution in [2.45, 2.75) is 76.3 Å². The van der Waals surface area contributed by atoms with Crippen LogP contribution < -0.4 is 5.32 Å². The zero-order chi connectivity index (χ0) is 17.5. The van der Waals surface area contributed by atoms with Gasteiger partial charge in [0, 0.05) is 18.6 Å². The Morgan fingerprint density at radius 2 is 1.83 bits per heavy atom. The first kappa shape index (κ1) is 17.5. The molecule has 0 aromatic heterocycles. The molecule has 132 valence electrons. The summed E-state index contributed by atoms with van der Waals surface area (Å²) in [6, 6.07) is 9.83. The van der Waals surface area contributed by atoms with Crippen LogP contribution in [0.1, 0.15) is 64.5 Å². The maximum absolute atomic E-state index is 12.8. The molecule has 0 saturated heterocycles. The van der Waals surface area contributed by atoms with Crippen LogP contribution in [-0.2, 0) is 15.6 Å². The number of likely N-dealkylation sites (N-methyl/N-ethyl adjacent to an activating group) is 1.